The molecule has 0 saturated heterocycles. The maximum absolute atomic E-state index is 2.24. The van der Waals surface area contributed by atoms with E-state index in [1.165, 1.54) is 33.4 Å². The molecular weight excluding hydrogens is 360 g/mol. The maximum Gasteiger partial charge on any atom is -0.0178 e. The first kappa shape index (κ1) is 19.4. The van der Waals surface area contributed by atoms with Gasteiger partial charge in [0, 0.05) is 0 Å². The Morgan fingerprint density at radius 2 is 0.700 bits per heavy atom. The molecule has 0 heterocycles. The Labute approximate surface area is 179 Å². The van der Waals surface area contributed by atoms with Crippen LogP contribution in [-0.4, -0.2) is 0 Å². The minimum atomic E-state index is 1.18. The molecule has 0 aliphatic rings. The highest BCUT2D eigenvalue weighted by molar-refractivity contribution is 5.81. The third-order valence-corrected chi connectivity index (χ3v) is 4.89. The van der Waals surface area contributed by atoms with E-state index < -0.39 is 0 Å². The molecule has 0 aromatic heterocycles. The molecule has 0 radical (unpaired) electrons. The molecule has 0 aliphatic carbocycles. The fourth-order valence-electron chi connectivity index (χ4n) is 3.25. The molecule has 144 valence electrons. The second-order valence-corrected chi connectivity index (χ2v) is 7.12. The molecule has 0 fully saturated rings. The highest BCUT2D eigenvalue weighted by atomic mass is 14.0. The van der Waals surface area contributed by atoms with Gasteiger partial charge in [-0.15, -0.1) is 0 Å². The molecule has 4 aromatic rings. The van der Waals surface area contributed by atoms with Crippen LogP contribution in [0, 0.1) is 0 Å². The Morgan fingerprint density at radius 1 is 0.300 bits per heavy atom. The van der Waals surface area contributed by atoms with Crippen molar-refractivity contribution in [2.24, 2.45) is 0 Å². The van der Waals surface area contributed by atoms with E-state index in [9.17, 15) is 0 Å². The molecule has 0 aliphatic heterocycles. The fourth-order valence-corrected chi connectivity index (χ4v) is 3.25. The first-order valence-electron chi connectivity index (χ1n) is 10.2. The second-order valence-electron chi connectivity index (χ2n) is 7.12. The quantitative estimate of drug-likeness (QED) is 0.294. The molecule has 4 aromatic carbocycles. The number of rotatable bonds is 6. The van der Waals surface area contributed by atoms with Gasteiger partial charge in [-0.2, -0.15) is 0 Å². The van der Waals surface area contributed by atoms with Crippen molar-refractivity contribution < 1.29 is 0 Å². The van der Waals surface area contributed by atoms with Crippen molar-refractivity contribution in [1.82, 2.24) is 0 Å². The average Bonchev–Trinajstić information content (AvgIpc) is 2.82. The van der Waals surface area contributed by atoms with Gasteiger partial charge in [0.2, 0.25) is 0 Å². The monoisotopic (exact) mass is 384 g/mol. The summed E-state index contributed by atoms with van der Waals surface area (Å²) in [5.41, 5.74) is 7.17. The van der Waals surface area contributed by atoms with Gasteiger partial charge in [0.25, 0.3) is 0 Å². The van der Waals surface area contributed by atoms with Crippen LogP contribution < -0.4 is 0 Å². The Kier molecular flexibility index (Phi) is 6.50. The topological polar surface area (TPSA) is 0 Å². The summed E-state index contributed by atoms with van der Waals surface area (Å²) in [6, 6.07) is 37.8. The van der Waals surface area contributed by atoms with E-state index in [2.05, 4.69) is 127 Å². The van der Waals surface area contributed by atoms with Crippen LogP contribution in [0.1, 0.15) is 33.4 Å². The van der Waals surface area contributed by atoms with Gasteiger partial charge >= 0.3 is 0 Å². The summed E-state index contributed by atoms with van der Waals surface area (Å²) in [7, 11) is 0. The van der Waals surface area contributed by atoms with Crippen molar-refractivity contribution in [3.05, 3.63) is 143 Å². The molecule has 4 rings (SSSR count). The summed E-state index contributed by atoms with van der Waals surface area (Å²) >= 11 is 0. The van der Waals surface area contributed by atoms with E-state index in [0.717, 1.165) is 0 Å². The van der Waals surface area contributed by atoms with Gasteiger partial charge in [0.05, 0.1) is 0 Å². The second kappa shape index (κ2) is 10.0. The third-order valence-electron chi connectivity index (χ3n) is 4.89. The van der Waals surface area contributed by atoms with E-state index in [-0.39, 0.29) is 0 Å². The Hall–Kier alpha value is -3.90. The van der Waals surface area contributed by atoms with Crippen LogP contribution in [0.15, 0.2) is 109 Å². The molecule has 0 nitrogen and oxygen atoms in total. The Morgan fingerprint density at radius 3 is 1.20 bits per heavy atom. The van der Waals surface area contributed by atoms with Gasteiger partial charge in [-0.25, -0.2) is 0 Å². The zero-order valence-electron chi connectivity index (χ0n) is 16.9. The van der Waals surface area contributed by atoms with Gasteiger partial charge in [-0.05, 0) is 39.4 Å². The van der Waals surface area contributed by atoms with Crippen molar-refractivity contribution in [2.75, 3.05) is 0 Å². The van der Waals surface area contributed by atoms with E-state index in [4.69, 9.17) is 0 Å². The van der Waals surface area contributed by atoms with Crippen molar-refractivity contribution in [3.8, 4) is 0 Å². The smallest absolute Gasteiger partial charge is 0.0178 e. The Bertz CT molecular complexity index is 1150. The summed E-state index contributed by atoms with van der Waals surface area (Å²) in [5.74, 6) is 0. The lowest BCUT2D eigenvalue weighted by molar-refractivity contribution is 1.58. The fraction of sp³-hybridized carbons (Fsp3) is 0. The van der Waals surface area contributed by atoms with Crippen LogP contribution in [0.2, 0.25) is 0 Å². The number of hydrogen-bond donors (Lipinski definition) is 0. The van der Waals surface area contributed by atoms with Gasteiger partial charge in [-0.3, -0.25) is 0 Å². The minimum absolute atomic E-state index is 1.18. The van der Waals surface area contributed by atoms with Crippen molar-refractivity contribution in [1.29, 1.82) is 0 Å². The molecule has 0 amide bonds. The third kappa shape index (κ3) is 5.56. The molecule has 0 unspecified atom stereocenters. The van der Waals surface area contributed by atoms with Crippen molar-refractivity contribution >= 4 is 36.5 Å². The molecule has 0 bridgehead atoms. The van der Waals surface area contributed by atoms with Gasteiger partial charge in [0.15, 0.2) is 0 Å². The molecular formula is C30H24. The maximum atomic E-state index is 2.24. The highest BCUT2D eigenvalue weighted by Gasteiger charge is 1.99. The molecule has 0 atom stereocenters. The molecule has 30 heavy (non-hydrogen) atoms. The summed E-state index contributed by atoms with van der Waals surface area (Å²) in [5, 5.41) is 0. The van der Waals surface area contributed by atoms with Crippen LogP contribution >= 0.6 is 0 Å². The van der Waals surface area contributed by atoms with E-state index in [1.54, 1.807) is 0 Å². The van der Waals surface area contributed by atoms with E-state index >= 15 is 0 Å². The predicted octanol–water partition coefficient (Wildman–Crippen LogP) is 8.20. The normalized spacial score (nSPS) is 11.6. The standard InChI is InChI=1S/C30H24/c1-4-10-25(11-5-1)16-17-28-20-22-29(21-18-26-12-6-2-7-13-26)30(24-28)23-19-27-14-8-3-9-15-27/h1-24H/b17-16+,21-18+,23-19+. The lowest BCUT2D eigenvalue weighted by Gasteiger charge is -2.05. The summed E-state index contributed by atoms with van der Waals surface area (Å²) in [6.45, 7) is 0. The van der Waals surface area contributed by atoms with Crippen LogP contribution in [0.5, 0.6) is 0 Å². The zero-order valence-corrected chi connectivity index (χ0v) is 16.9. The zero-order chi connectivity index (χ0) is 20.4. The van der Waals surface area contributed by atoms with Gasteiger partial charge in [-0.1, -0.05) is 140 Å². The molecule has 0 N–H and O–H groups in total. The summed E-state index contributed by atoms with van der Waals surface area (Å²) in [6.07, 6.45) is 13.0. The van der Waals surface area contributed by atoms with Crippen molar-refractivity contribution in [2.45, 2.75) is 0 Å². The van der Waals surface area contributed by atoms with Crippen LogP contribution in [0.4, 0.5) is 0 Å². The average molecular weight is 385 g/mol. The van der Waals surface area contributed by atoms with Crippen molar-refractivity contribution in [3.63, 3.8) is 0 Å². The van der Waals surface area contributed by atoms with E-state index in [1.807, 2.05) is 18.2 Å². The Balaban J connectivity index is 1.65. The summed E-state index contributed by atoms with van der Waals surface area (Å²) in [4.78, 5) is 0. The highest BCUT2D eigenvalue weighted by Crippen LogP contribution is 2.20. The largest absolute Gasteiger partial charge is 0.0622 e. The molecule has 0 spiro atoms. The summed E-state index contributed by atoms with van der Waals surface area (Å²) < 4.78 is 0. The van der Waals surface area contributed by atoms with Gasteiger partial charge < -0.3 is 0 Å². The van der Waals surface area contributed by atoms with Crippen LogP contribution in [-0.2, 0) is 0 Å². The number of benzene rings is 4. The lowest BCUT2D eigenvalue weighted by atomic mass is 10.0. The molecule has 0 saturated carbocycles. The van der Waals surface area contributed by atoms with Crippen LogP contribution in [0.25, 0.3) is 36.5 Å². The van der Waals surface area contributed by atoms with Crippen LogP contribution in [0.3, 0.4) is 0 Å². The van der Waals surface area contributed by atoms with Gasteiger partial charge in [0.1, 0.15) is 0 Å². The first-order chi connectivity index (χ1) is 14.9. The van der Waals surface area contributed by atoms with E-state index in [0.29, 0.717) is 0 Å². The first-order valence-corrected chi connectivity index (χ1v) is 10.2. The lowest BCUT2D eigenvalue weighted by Crippen LogP contribution is -1.84. The minimum Gasteiger partial charge on any atom is -0.0622 e. The predicted molar refractivity (Wildman–Crippen MR) is 133 cm³/mol. The SMILES string of the molecule is C(=C\c1ccc(/C=C/c2ccccc2)c(/C=C/c2ccccc2)c1)/c1ccccc1. The molecule has 0 heteroatoms. The number of hydrogen-bond acceptors (Lipinski definition) is 0.